The van der Waals surface area contributed by atoms with E-state index in [1.807, 2.05) is 0 Å². The smallest absolute Gasteiger partial charge is 0.256 e. The second kappa shape index (κ2) is 6.45. The Morgan fingerprint density at radius 3 is 2.81 bits per heavy atom. The molecule has 2 amide bonds. The highest BCUT2D eigenvalue weighted by molar-refractivity contribution is 9.10. The fraction of sp³-hybridized carbons (Fsp3) is 0.250. The number of nitrogens with one attached hydrogen (secondary N) is 2. The van der Waals surface area contributed by atoms with Crippen molar-refractivity contribution in [3.63, 3.8) is 0 Å². The molecule has 1 aromatic carbocycles. The summed E-state index contributed by atoms with van der Waals surface area (Å²) in [4.78, 5) is 27.1. The normalized spacial score (nSPS) is 22.6. The van der Waals surface area contributed by atoms with Crippen LogP contribution in [0.2, 0.25) is 0 Å². The lowest BCUT2D eigenvalue weighted by Crippen LogP contribution is -2.51. The third kappa shape index (κ3) is 2.96. The number of fused-ring (bicyclic) bond motifs is 2. The van der Waals surface area contributed by atoms with Crippen molar-refractivity contribution in [1.29, 1.82) is 0 Å². The second-order valence-electron chi connectivity index (χ2n) is 6.07. The Kier molecular flexibility index (Phi) is 4.38. The molecule has 2 aliphatic rings. The van der Waals surface area contributed by atoms with Gasteiger partial charge in [-0.2, -0.15) is 0 Å². The van der Waals surface area contributed by atoms with E-state index in [9.17, 15) is 18.0 Å². The third-order valence-corrected chi connectivity index (χ3v) is 7.84. The minimum Gasteiger partial charge on any atom is -0.325 e. The molecule has 136 valence electrons. The van der Waals surface area contributed by atoms with E-state index in [1.54, 1.807) is 29.6 Å². The molecule has 0 aliphatic carbocycles. The van der Waals surface area contributed by atoms with Crippen molar-refractivity contribution in [1.82, 2.24) is 9.62 Å². The molecule has 0 saturated carbocycles. The van der Waals surface area contributed by atoms with Crippen molar-refractivity contribution >= 4 is 54.8 Å². The third-order valence-electron chi connectivity index (χ3n) is 4.46. The zero-order chi connectivity index (χ0) is 18.5. The van der Waals surface area contributed by atoms with Crippen molar-refractivity contribution in [2.45, 2.75) is 22.7 Å². The summed E-state index contributed by atoms with van der Waals surface area (Å²) in [5.41, 5.74) is 0.814. The number of anilines is 1. The SMILES string of the molecule is O=C1Nc2ccc(Br)cc2C(=O)N2CCC(NS(=O)(=O)c3cccs3)C12. The highest BCUT2D eigenvalue weighted by atomic mass is 79.9. The minimum absolute atomic E-state index is 0.184. The molecule has 2 atom stereocenters. The van der Waals surface area contributed by atoms with Crippen molar-refractivity contribution in [2.75, 3.05) is 11.9 Å². The van der Waals surface area contributed by atoms with Crippen molar-refractivity contribution in [3.05, 3.63) is 45.7 Å². The first-order valence-electron chi connectivity index (χ1n) is 7.84. The zero-order valence-corrected chi connectivity index (χ0v) is 16.5. The number of hydrogen-bond donors (Lipinski definition) is 2. The van der Waals surface area contributed by atoms with E-state index in [1.165, 1.54) is 11.0 Å². The second-order valence-corrected chi connectivity index (χ2v) is 9.88. The number of thiophene rings is 1. The molecule has 1 aromatic heterocycles. The van der Waals surface area contributed by atoms with Gasteiger partial charge in [0.05, 0.1) is 17.3 Å². The largest absolute Gasteiger partial charge is 0.325 e. The maximum Gasteiger partial charge on any atom is 0.256 e. The van der Waals surface area contributed by atoms with Crippen LogP contribution in [0.4, 0.5) is 5.69 Å². The summed E-state index contributed by atoms with van der Waals surface area (Å²) in [5, 5.41) is 4.42. The number of halogens is 1. The number of amides is 2. The van der Waals surface area contributed by atoms with Crippen LogP contribution >= 0.6 is 27.3 Å². The van der Waals surface area contributed by atoms with Crippen LogP contribution < -0.4 is 10.0 Å². The molecule has 1 saturated heterocycles. The van der Waals surface area contributed by atoms with Crippen LogP contribution in [-0.4, -0.2) is 43.8 Å². The van der Waals surface area contributed by atoms with Gasteiger partial charge in [-0.1, -0.05) is 22.0 Å². The molecule has 3 heterocycles. The first-order chi connectivity index (χ1) is 12.4. The minimum atomic E-state index is -3.73. The van der Waals surface area contributed by atoms with Crippen LogP contribution in [-0.2, 0) is 14.8 Å². The van der Waals surface area contributed by atoms with Crippen molar-refractivity contribution in [3.8, 4) is 0 Å². The summed E-state index contributed by atoms with van der Waals surface area (Å²) < 4.78 is 28.5. The van der Waals surface area contributed by atoms with Crippen molar-refractivity contribution < 1.29 is 18.0 Å². The highest BCUT2D eigenvalue weighted by Crippen LogP contribution is 2.31. The lowest BCUT2D eigenvalue weighted by molar-refractivity contribution is -0.120. The number of nitrogens with zero attached hydrogens (tertiary/aromatic N) is 1. The average molecular weight is 456 g/mol. The Balaban J connectivity index is 1.66. The summed E-state index contributed by atoms with van der Waals surface area (Å²) in [6.45, 7) is 0.306. The maximum absolute atomic E-state index is 12.9. The summed E-state index contributed by atoms with van der Waals surface area (Å²) >= 11 is 4.43. The lowest BCUT2D eigenvalue weighted by Gasteiger charge is -2.24. The quantitative estimate of drug-likeness (QED) is 0.739. The van der Waals surface area contributed by atoms with Crippen LogP contribution in [0.3, 0.4) is 0 Å². The van der Waals surface area contributed by atoms with Gasteiger partial charge in [0.25, 0.3) is 5.91 Å². The summed E-state index contributed by atoms with van der Waals surface area (Å²) in [7, 11) is -3.73. The first kappa shape index (κ1) is 17.7. The van der Waals surface area contributed by atoms with Gasteiger partial charge in [0.1, 0.15) is 10.3 Å². The molecule has 2 aliphatic heterocycles. The molecule has 0 radical (unpaired) electrons. The van der Waals surface area contributed by atoms with Crippen LogP contribution in [0.1, 0.15) is 16.8 Å². The molecule has 2 aromatic rings. The van der Waals surface area contributed by atoms with Crippen LogP contribution in [0.5, 0.6) is 0 Å². The lowest BCUT2D eigenvalue weighted by atomic mass is 10.1. The van der Waals surface area contributed by atoms with E-state index in [2.05, 4.69) is 26.0 Å². The van der Waals surface area contributed by atoms with Gasteiger partial charge in [0.15, 0.2) is 0 Å². The Labute approximate surface area is 162 Å². The Morgan fingerprint density at radius 1 is 1.27 bits per heavy atom. The summed E-state index contributed by atoms with van der Waals surface area (Å²) in [6, 6.07) is 6.64. The standard InChI is InChI=1S/C16H14BrN3O4S2/c17-9-3-4-11-10(8-9)16(22)20-6-5-12(14(20)15(21)18-11)19-26(23,24)13-2-1-7-25-13/h1-4,7-8,12,14,19H,5-6H2,(H,18,21). The van der Waals surface area contributed by atoms with Gasteiger partial charge in [-0.3, -0.25) is 9.59 Å². The number of carbonyl (C=O) groups is 2. The van der Waals surface area contributed by atoms with Crippen LogP contribution in [0, 0.1) is 0 Å². The molecule has 2 unspecified atom stereocenters. The maximum atomic E-state index is 12.9. The molecule has 7 nitrogen and oxygen atoms in total. The Hall–Kier alpha value is -1.75. The van der Waals surface area contributed by atoms with Crippen LogP contribution in [0.25, 0.3) is 0 Å². The van der Waals surface area contributed by atoms with Crippen molar-refractivity contribution in [2.24, 2.45) is 0 Å². The molecule has 4 rings (SSSR count). The monoisotopic (exact) mass is 455 g/mol. The van der Waals surface area contributed by atoms with Gasteiger partial charge >= 0.3 is 0 Å². The fourth-order valence-corrected chi connectivity index (χ4v) is 5.95. The van der Waals surface area contributed by atoms with E-state index in [0.29, 0.717) is 24.2 Å². The van der Waals surface area contributed by atoms with Gasteiger partial charge in [-0.15, -0.1) is 11.3 Å². The number of sulfonamides is 1. The number of carbonyl (C=O) groups excluding carboxylic acids is 2. The predicted molar refractivity (Wildman–Crippen MR) is 101 cm³/mol. The van der Waals surface area contributed by atoms with Gasteiger partial charge in [0, 0.05) is 11.0 Å². The molecule has 10 heteroatoms. The van der Waals surface area contributed by atoms with Gasteiger partial charge in [0.2, 0.25) is 15.9 Å². The van der Waals surface area contributed by atoms with Gasteiger partial charge in [-0.25, -0.2) is 13.1 Å². The predicted octanol–water partition coefficient (Wildman–Crippen LogP) is 2.02. The molecule has 0 bridgehead atoms. The molecule has 26 heavy (non-hydrogen) atoms. The van der Waals surface area contributed by atoms with E-state index >= 15 is 0 Å². The van der Waals surface area contributed by atoms with E-state index in [4.69, 9.17) is 0 Å². The molecule has 2 N–H and O–H groups in total. The fourth-order valence-electron chi connectivity index (χ4n) is 3.31. The zero-order valence-electron chi connectivity index (χ0n) is 13.3. The number of rotatable bonds is 3. The summed E-state index contributed by atoms with van der Waals surface area (Å²) in [6.07, 6.45) is 0.373. The van der Waals surface area contributed by atoms with E-state index in [-0.39, 0.29) is 10.1 Å². The molecular weight excluding hydrogens is 442 g/mol. The van der Waals surface area contributed by atoms with Gasteiger partial charge in [-0.05, 0) is 36.1 Å². The topological polar surface area (TPSA) is 95.6 Å². The highest BCUT2D eigenvalue weighted by Gasteiger charge is 2.46. The van der Waals surface area contributed by atoms with Crippen LogP contribution in [0.15, 0.2) is 44.4 Å². The number of benzene rings is 1. The van der Waals surface area contributed by atoms with E-state index < -0.39 is 28.0 Å². The Morgan fingerprint density at radius 2 is 2.08 bits per heavy atom. The van der Waals surface area contributed by atoms with Gasteiger partial charge < -0.3 is 10.2 Å². The van der Waals surface area contributed by atoms with E-state index in [0.717, 1.165) is 15.8 Å². The summed E-state index contributed by atoms with van der Waals surface area (Å²) in [5.74, 6) is -0.682. The first-order valence-corrected chi connectivity index (χ1v) is 11.0. The average Bonchev–Trinajstić information content (AvgIpc) is 3.23. The molecule has 1 fully saturated rings. The molecule has 0 spiro atoms. The Bertz CT molecular complexity index is 991. The molecular formula is C16H14BrN3O4S2. The number of hydrogen-bond acceptors (Lipinski definition) is 5.